The third kappa shape index (κ3) is 8.92. The number of amides is 5. The number of carbonyl (C=O) groups excluding carboxylic acids is 5. The zero-order valence-corrected chi connectivity index (χ0v) is 26.7. The minimum atomic E-state index is -1.09. The van der Waals surface area contributed by atoms with Crippen LogP contribution in [0.1, 0.15) is 56.0 Å². The van der Waals surface area contributed by atoms with Gasteiger partial charge in [-0.2, -0.15) is 0 Å². The van der Waals surface area contributed by atoms with E-state index in [2.05, 4.69) is 15.6 Å². The average Bonchev–Trinajstić information content (AvgIpc) is 3.40. The van der Waals surface area contributed by atoms with Crippen LogP contribution >= 0.6 is 0 Å². The second kappa shape index (κ2) is 14.6. The molecule has 3 heterocycles. The van der Waals surface area contributed by atoms with E-state index in [1.165, 1.54) is 34.9 Å². The molecular formula is C32H41FN6O7. The molecule has 1 aromatic heterocycles. The summed E-state index contributed by atoms with van der Waals surface area (Å²) in [5, 5.41) is 5.59. The number of nitrogens with one attached hydrogen (secondary N) is 2. The number of benzene rings is 1. The third-order valence-corrected chi connectivity index (χ3v) is 7.80. The quantitative estimate of drug-likeness (QED) is 0.516. The van der Waals surface area contributed by atoms with Crippen LogP contribution in [-0.2, 0) is 25.7 Å². The van der Waals surface area contributed by atoms with E-state index >= 15 is 0 Å². The molecule has 5 amide bonds. The van der Waals surface area contributed by atoms with Crippen LogP contribution in [-0.4, -0.2) is 107 Å². The molecule has 13 nitrogen and oxygen atoms in total. The van der Waals surface area contributed by atoms with Gasteiger partial charge in [0.1, 0.15) is 29.8 Å². The van der Waals surface area contributed by atoms with Gasteiger partial charge in [0.2, 0.25) is 17.7 Å². The number of likely N-dealkylation sites (N-methyl/N-ethyl adjacent to an activating group) is 2. The minimum Gasteiger partial charge on any atom is -0.491 e. The van der Waals surface area contributed by atoms with Crippen LogP contribution in [0, 0.1) is 5.82 Å². The lowest BCUT2D eigenvalue weighted by atomic mass is 10.1. The molecule has 1 saturated heterocycles. The number of halogens is 1. The van der Waals surface area contributed by atoms with Gasteiger partial charge in [-0.1, -0.05) is 0 Å². The largest absolute Gasteiger partial charge is 0.491 e. The van der Waals surface area contributed by atoms with Crippen LogP contribution < -0.4 is 15.4 Å². The van der Waals surface area contributed by atoms with E-state index in [1.54, 1.807) is 45.3 Å². The van der Waals surface area contributed by atoms with Gasteiger partial charge in [0, 0.05) is 46.0 Å². The molecule has 14 heteroatoms. The van der Waals surface area contributed by atoms with E-state index < -0.39 is 53.4 Å². The highest BCUT2D eigenvalue weighted by Crippen LogP contribution is 2.26. The van der Waals surface area contributed by atoms with Crippen molar-refractivity contribution in [3.05, 3.63) is 59.7 Å². The van der Waals surface area contributed by atoms with Crippen molar-refractivity contribution in [2.45, 2.75) is 70.3 Å². The molecule has 46 heavy (non-hydrogen) atoms. The summed E-state index contributed by atoms with van der Waals surface area (Å²) < 4.78 is 25.9. The van der Waals surface area contributed by atoms with Crippen molar-refractivity contribution in [1.82, 2.24) is 30.3 Å². The number of alkyl carbamates (subject to hydrolysis) is 1. The summed E-state index contributed by atoms with van der Waals surface area (Å²) >= 11 is 0. The van der Waals surface area contributed by atoms with Gasteiger partial charge >= 0.3 is 6.09 Å². The molecule has 0 aliphatic carbocycles. The van der Waals surface area contributed by atoms with E-state index in [0.717, 1.165) is 17.7 Å². The Morgan fingerprint density at radius 2 is 1.80 bits per heavy atom. The van der Waals surface area contributed by atoms with Crippen LogP contribution in [0.4, 0.5) is 9.18 Å². The fourth-order valence-electron chi connectivity index (χ4n) is 5.41. The lowest BCUT2D eigenvalue weighted by molar-refractivity contribution is -0.140. The Labute approximate surface area is 267 Å². The molecule has 2 N–H and O–H groups in total. The Morgan fingerprint density at radius 1 is 1.09 bits per heavy atom. The van der Waals surface area contributed by atoms with Crippen molar-refractivity contribution >= 4 is 29.7 Å². The topological polar surface area (TPSA) is 150 Å². The molecule has 0 bridgehead atoms. The molecule has 4 rings (SSSR count). The van der Waals surface area contributed by atoms with E-state index in [-0.39, 0.29) is 56.3 Å². The van der Waals surface area contributed by atoms with Gasteiger partial charge in [0.15, 0.2) is 0 Å². The number of fused-ring (bicyclic) bond motifs is 2. The van der Waals surface area contributed by atoms with Crippen molar-refractivity contribution in [2.75, 3.05) is 33.8 Å². The summed E-state index contributed by atoms with van der Waals surface area (Å²) in [7, 11) is 2.90. The van der Waals surface area contributed by atoms with Crippen molar-refractivity contribution < 1.29 is 37.8 Å². The smallest absolute Gasteiger partial charge is 0.407 e. The molecule has 3 atom stereocenters. The molecule has 2 aliphatic heterocycles. The molecule has 248 valence electrons. The molecule has 0 saturated carbocycles. The highest BCUT2D eigenvalue weighted by atomic mass is 19.1. The first kappa shape index (κ1) is 34.1. The Bertz CT molecular complexity index is 1450. The Morgan fingerprint density at radius 3 is 2.50 bits per heavy atom. The normalized spacial score (nSPS) is 21.4. The van der Waals surface area contributed by atoms with Crippen LogP contribution in [0.2, 0.25) is 0 Å². The van der Waals surface area contributed by atoms with Crippen LogP contribution in [0.3, 0.4) is 0 Å². The third-order valence-electron chi connectivity index (χ3n) is 7.80. The zero-order chi connectivity index (χ0) is 33.6. The predicted molar refractivity (Wildman–Crippen MR) is 164 cm³/mol. The second-order valence-corrected chi connectivity index (χ2v) is 12.5. The highest BCUT2D eigenvalue weighted by Gasteiger charge is 2.38. The number of carbonyl (C=O) groups is 5. The average molecular weight is 641 g/mol. The van der Waals surface area contributed by atoms with Gasteiger partial charge in [-0.15, -0.1) is 0 Å². The fraction of sp³-hybridized carbons (Fsp3) is 0.500. The van der Waals surface area contributed by atoms with E-state index in [1.807, 2.05) is 0 Å². The summed E-state index contributed by atoms with van der Waals surface area (Å²) in [6, 6.07) is 4.88. The molecule has 1 aromatic carbocycles. The zero-order valence-electron chi connectivity index (χ0n) is 26.7. The fourth-order valence-corrected chi connectivity index (χ4v) is 5.41. The predicted octanol–water partition coefficient (Wildman–Crippen LogP) is 2.10. The number of pyridine rings is 1. The first-order valence-electron chi connectivity index (χ1n) is 15.1. The van der Waals surface area contributed by atoms with Crippen LogP contribution in [0.5, 0.6) is 5.75 Å². The van der Waals surface area contributed by atoms with Crippen molar-refractivity contribution in [3.8, 4) is 5.75 Å². The molecule has 2 aliphatic rings. The SMILES string of the molecule is CN1CC(=O)N2C[C@H](NC(=O)OC(C)(C)C)C[C@H]2COc2ccc(F)cc2C(=O)N(C)[C@H](C(=O)NCc2ccncc2)CCC1=O. The van der Waals surface area contributed by atoms with Gasteiger partial charge in [-0.3, -0.25) is 24.2 Å². The molecular weight excluding hydrogens is 599 g/mol. The molecule has 0 unspecified atom stereocenters. The van der Waals surface area contributed by atoms with Gasteiger partial charge < -0.3 is 34.8 Å². The summed E-state index contributed by atoms with van der Waals surface area (Å²) in [5.74, 6) is -2.58. The Balaban J connectivity index is 1.60. The number of hydrogen-bond donors (Lipinski definition) is 2. The van der Waals surface area contributed by atoms with Gasteiger partial charge in [0.05, 0.1) is 24.2 Å². The summed E-state index contributed by atoms with van der Waals surface area (Å²) in [5.41, 5.74) is -0.0482. The number of rotatable bonds is 4. The number of aromatic nitrogens is 1. The lowest BCUT2D eigenvalue weighted by Crippen LogP contribution is -2.48. The Hall–Kier alpha value is -4.75. The van der Waals surface area contributed by atoms with Gasteiger partial charge in [-0.05, 0) is 69.5 Å². The molecule has 0 spiro atoms. The van der Waals surface area contributed by atoms with Crippen molar-refractivity contribution in [1.29, 1.82) is 0 Å². The van der Waals surface area contributed by atoms with Crippen molar-refractivity contribution in [3.63, 3.8) is 0 Å². The van der Waals surface area contributed by atoms with Gasteiger partial charge in [-0.25, -0.2) is 9.18 Å². The summed E-state index contributed by atoms with van der Waals surface area (Å²) in [4.78, 5) is 74.3. The van der Waals surface area contributed by atoms with Crippen molar-refractivity contribution in [2.24, 2.45) is 0 Å². The number of nitrogens with zero attached hydrogens (tertiary/aromatic N) is 4. The first-order valence-corrected chi connectivity index (χ1v) is 15.1. The lowest BCUT2D eigenvalue weighted by Gasteiger charge is -2.28. The number of hydrogen-bond acceptors (Lipinski definition) is 8. The monoisotopic (exact) mass is 640 g/mol. The minimum absolute atomic E-state index is 0.0541. The van der Waals surface area contributed by atoms with E-state index in [0.29, 0.717) is 6.42 Å². The van der Waals surface area contributed by atoms with E-state index in [4.69, 9.17) is 9.47 Å². The van der Waals surface area contributed by atoms with Gasteiger partial charge in [0.25, 0.3) is 5.91 Å². The number of ether oxygens (including phenoxy) is 2. The maximum atomic E-state index is 14.5. The molecule has 1 fully saturated rings. The van der Waals surface area contributed by atoms with E-state index in [9.17, 15) is 28.4 Å². The Kier molecular flexibility index (Phi) is 10.8. The summed E-state index contributed by atoms with van der Waals surface area (Å²) in [6.07, 6.45) is 2.66. The van der Waals surface area contributed by atoms with Crippen LogP contribution in [0.25, 0.3) is 0 Å². The van der Waals surface area contributed by atoms with Crippen LogP contribution in [0.15, 0.2) is 42.7 Å². The molecule has 0 radical (unpaired) electrons. The summed E-state index contributed by atoms with van der Waals surface area (Å²) in [6.45, 7) is 5.21. The highest BCUT2D eigenvalue weighted by molar-refractivity contribution is 5.99. The molecule has 2 aromatic rings. The standard InChI is InChI=1S/C32H41FN6O7/c1-32(2,3)46-31(44)36-22-15-23-19-45-26-8-6-21(33)14-24(26)30(43)38(5)25(29(42)35-16-20-10-12-34-13-11-20)7-9-27(40)37(4)18-28(41)39(23)17-22/h6,8,10-14,22-23,25H,7,9,15-19H2,1-5H3,(H,35,42)(H,36,44)/t22-,23+,25+/m1/s1. The first-order chi connectivity index (χ1) is 21.7. The second-order valence-electron chi connectivity index (χ2n) is 12.5. The maximum absolute atomic E-state index is 14.5. The maximum Gasteiger partial charge on any atom is 0.407 e.